The Bertz CT molecular complexity index is 1040. The van der Waals surface area contributed by atoms with Gasteiger partial charge in [0.15, 0.2) is 5.69 Å². The molecular weight excluding hydrogens is 345 g/mol. The number of fused-ring (bicyclic) bond motifs is 3. The number of hydrogen-bond donors (Lipinski definition) is 1. The fraction of sp³-hybridized carbons (Fsp3) is 0.0556. The largest absolute Gasteiger partial charge is 0.476 e. The minimum Gasteiger partial charge on any atom is -0.476 e. The molecule has 0 fully saturated rings. The molecule has 0 spiro atoms. The first-order valence-corrected chi connectivity index (χ1v) is 7.83. The first kappa shape index (κ1) is 15.5. The van der Waals surface area contributed by atoms with Crippen molar-refractivity contribution in [3.8, 4) is 5.69 Å². The van der Waals surface area contributed by atoms with E-state index in [0.29, 0.717) is 33.4 Å². The van der Waals surface area contributed by atoms with Gasteiger partial charge in [0.25, 0.3) is 0 Å². The molecule has 0 saturated heterocycles. The summed E-state index contributed by atoms with van der Waals surface area (Å²) in [6.07, 6.45) is 1.42. The molecule has 2 aromatic carbocycles. The van der Waals surface area contributed by atoms with E-state index >= 15 is 0 Å². The lowest BCUT2D eigenvalue weighted by molar-refractivity contribution is 0.0691. The van der Waals surface area contributed by atoms with Crippen LogP contribution in [0.3, 0.4) is 0 Å². The molecule has 0 unspecified atom stereocenters. The number of nitrogens with zero attached hydrogens (tertiary/aromatic N) is 3. The SMILES string of the molecule is O=C(O)c1cn2c(n1)CN=C(c1ccccc1Cl)c1cc(F)ccc1-2. The van der Waals surface area contributed by atoms with Gasteiger partial charge in [0.1, 0.15) is 11.6 Å². The molecule has 0 bridgehead atoms. The van der Waals surface area contributed by atoms with E-state index in [0.717, 1.165) is 0 Å². The second kappa shape index (κ2) is 5.82. The molecule has 25 heavy (non-hydrogen) atoms. The van der Waals surface area contributed by atoms with Gasteiger partial charge in [-0.05, 0) is 24.3 Å². The maximum atomic E-state index is 13.9. The second-order valence-electron chi connectivity index (χ2n) is 5.52. The lowest BCUT2D eigenvalue weighted by Gasteiger charge is -2.12. The highest BCUT2D eigenvalue weighted by Crippen LogP contribution is 2.28. The summed E-state index contributed by atoms with van der Waals surface area (Å²) >= 11 is 6.29. The monoisotopic (exact) mass is 355 g/mol. The summed E-state index contributed by atoms with van der Waals surface area (Å²) in [6.45, 7) is 0.157. The Morgan fingerprint density at radius 2 is 2.00 bits per heavy atom. The molecule has 3 aromatic rings. The van der Waals surface area contributed by atoms with Crippen LogP contribution in [-0.2, 0) is 6.54 Å². The Morgan fingerprint density at radius 3 is 2.76 bits per heavy atom. The van der Waals surface area contributed by atoms with Gasteiger partial charge in [-0.25, -0.2) is 14.2 Å². The standard InChI is InChI=1S/C18H11ClFN3O2/c19-13-4-2-1-3-11(13)17-12-7-10(20)5-6-15(12)23-9-14(18(24)25)22-16(23)8-21-17/h1-7,9H,8H2,(H,24,25). The maximum Gasteiger partial charge on any atom is 0.356 e. The number of halogens is 2. The van der Waals surface area contributed by atoms with Gasteiger partial charge < -0.3 is 9.67 Å². The zero-order valence-electron chi connectivity index (χ0n) is 12.8. The molecule has 4 rings (SSSR count). The Morgan fingerprint density at radius 1 is 1.20 bits per heavy atom. The van der Waals surface area contributed by atoms with Gasteiger partial charge >= 0.3 is 5.97 Å². The van der Waals surface area contributed by atoms with Gasteiger partial charge in [-0.1, -0.05) is 29.8 Å². The molecule has 0 atom stereocenters. The van der Waals surface area contributed by atoms with Gasteiger partial charge in [0.05, 0.1) is 17.9 Å². The van der Waals surface area contributed by atoms with Crippen LogP contribution in [0.4, 0.5) is 4.39 Å². The normalized spacial score (nSPS) is 12.8. The van der Waals surface area contributed by atoms with Crippen LogP contribution in [0.1, 0.15) is 27.4 Å². The van der Waals surface area contributed by atoms with Crippen LogP contribution in [0.25, 0.3) is 5.69 Å². The summed E-state index contributed by atoms with van der Waals surface area (Å²) in [4.78, 5) is 19.9. The molecule has 124 valence electrons. The summed E-state index contributed by atoms with van der Waals surface area (Å²) in [5, 5.41) is 9.68. The fourth-order valence-electron chi connectivity index (χ4n) is 2.87. The molecule has 0 saturated carbocycles. The maximum absolute atomic E-state index is 13.9. The molecule has 0 aliphatic carbocycles. The number of aliphatic imine (C=N–C) groups is 1. The zero-order valence-corrected chi connectivity index (χ0v) is 13.5. The van der Waals surface area contributed by atoms with Crippen LogP contribution >= 0.6 is 11.6 Å². The smallest absolute Gasteiger partial charge is 0.356 e. The highest BCUT2D eigenvalue weighted by atomic mass is 35.5. The van der Waals surface area contributed by atoms with E-state index in [1.54, 1.807) is 22.8 Å². The highest BCUT2D eigenvalue weighted by Gasteiger charge is 2.23. The molecule has 1 aliphatic rings. The van der Waals surface area contributed by atoms with Crippen molar-refractivity contribution in [3.05, 3.63) is 82.1 Å². The summed E-state index contributed by atoms with van der Waals surface area (Å²) in [6, 6.07) is 11.5. The van der Waals surface area contributed by atoms with Crippen LogP contribution in [0.5, 0.6) is 0 Å². The number of aromatic carboxylic acids is 1. The van der Waals surface area contributed by atoms with Crippen molar-refractivity contribution in [1.82, 2.24) is 9.55 Å². The van der Waals surface area contributed by atoms with E-state index in [1.165, 1.54) is 18.3 Å². The minimum atomic E-state index is -1.13. The third-order valence-corrected chi connectivity index (χ3v) is 4.31. The number of carboxylic acids is 1. The Balaban J connectivity index is 1.98. The first-order valence-electron chi connectivity index (χ1n) is 7.46. The average molecular weight is 356 g/mol. The van der Waals surface area contributed by atoms with Gasteiger partial charge in [0, 0.05) is 22.3 Å². The molecule has 0 amide bonds. The number of hydrogen-bond acceptors (Lipinski definition) is 3. The molecule has 0 radical (unpaired) electrons. The average Bonchev–Trinajstić information content (AvgIpc) is 2.95. The molecule has 2 heterocycles. The molecule has 5 nitrogen and oxygen atoms in total. The second-order valence-corrected chi connectivity index (χ2v) is 5.93. The minimum absolute atomic E-state index is 0.0818. The van der Waals surface area contributed by atoms with Crippen molar-refractivity contribution >= 4 is 23.3 Å². The van der Waals surface area contributed by atoms with E-state index in [1.807, 2.05) is 12.1 Å². The molecule has 1 N–H and O–H groups in total. The number of carboxylic acid groups (broad SMARTS) is 1. The Labute approximate surface area is 147 Å². The van der Waals surface area contributed by atoms with Crippen LogP contribution in [-0.4, -0.2) is 26.3 Å². The molecule has 1 aromatic heterocycles. The van der Waals surface area contributed by atoms with Crippen molar-refractivity contribution in [2.75, 3.05) is 0 Å². The van der Waals surface area contributed by atoms with Crippen molar-refractivity contribution in [2.45, 2.75) is 6.54 Å². The lowest BCUT2D eigenvalue weighted by Crippen LogP contribution is -2.08. The van der Waals surface area contributed by atoms with Crippen LogP contribution in [0.15, 0.2) is 53.7 Å². The predicted octanol–water partition coefficient (Wildman–Crippen LogP) is 3.71. The van der Waals surface area contributed by atoms with Crippen LogP contribution < -0.4 is 0 Å². The van der Waals surface area contributed by atoms with Crippen LogP contribution in [0.2, 0.25) is 5.02 Å². The number of rotatable bonds is 2. The summed E-state index contributed by atoms with van der Waals surface area (Å²) in [5.41, 5.74) is 2.28. The summed E-state index contributed by atoms with van der Waals surface area (Å²) < 4.78 is 15.5. The third kappa shape index (κ3) is 2.60. The van der Waals surface area contributed by atoms with E-state index < -0.39 is 11.8 Å². The van der Waals surface area contributed by atoms with Gasteiger partial charge in [-0.15, -0.1) is 0 Å². The third-order valence-electron chi connectivity index (χ3n) is 3.98. The van der Waals surface area contributed by atoms with Crippen molar-refractivity contribution in [1.29, 1.82) is 0 Å². The number of carbonyl (C=O) groups is 1. The highest BCUT2D eigenvalue weighted by molar-refractivity contribution is 6.35. The summed E-state index contributed by atoms with van der Waals surface area (Å²) in [7, 11) is 0. The number of imidazole rings is 1. The lowest BCUT2D eigenvalue weighted by atomic mass is 10.00. The molecule has 7 heteroatoms. The zero-order chi connectivity index (χ0) is 17.6. The topological polar surface area (TPSA) is 67.5 Å². The van der Waals surface area contributed by atoms with Crippen molar-refractivity contribution in [2.24, 2.45) is 4.99 Å². The quantitative estimate of drug-likeness (QED) is 0.762. The number of benzene rings is 2. The Hall–Kier alpha value is -2.99. The Kier molecular flexibility index (Phi) is 3.62. The number of aromatic nitrogens is 2. The van der Waals surface area contributed by atoms with Gasteiger partial charge in [-0.2, -0.15) is 0 Å². The van der Waals surface area contributed by atoms with E-state index in [4.69, 9.17) is 11.6 Å². The van der Waals surface area contributed by atoms with Gasteiger partial charge in [-0.3, -0.25) is 4.99 Å². The molecular formula is C18H11ClFN3O2. The van der Waals surface area contributed by atoms with E-state index in [9.17, 15) is 14.3 Å². The summed E-state index contributed by atoms with van der Waals surface area (Å²) in [5.74, 6) is -1.08. The first-order chi connectivity index (χ1) is 12.0. The van der Waals surface area contributed by atoms with Crippen molar-refractivity contribution in [3.63, 3.8) is 0 Å². The van der Waals surface area contributed by atoms with E-state index in [2.05, 4.69) is 9.98 Å². The predicted molar refractivity (Wildman–Crippen MR) is 91.3 cm³/mol. The van der Waals surface area contributed by atoms with Gasteiger partial charge in [0.2, 0.25) is 0 Å². The van der Waals surface area contributed by atoms with E-state index in [-0.39, 0.29) is 12.2 Å². The fourth-order valence-corrected chi connectivity index (χ4v) is 3.09. The van der Waals surface area contributed by atoms with Crippen molar-refractivity contribution < 1.29 is 14.3 Å². The molecule has 1 aliphatic heterocycles. The van der Waals surface area contributed by atoms with Crippen LogP contribution in [0, 0.1) is 5.82 Å².